The van der Waals surface area contributed by atoms with Crippen molar-refractivity contribution in [1.29, 1.82) is 0 Å². The molecule has 1 N–H and O–H groups in total. The summed E-state index contributed by atoms with van der Waals surface area (Å²) in [6, 6.07) is 9.56. The molecule has 2 aromatic rings. The maximum Gasteiger partial charge on any atom is 0.257 e. The number of rotatable bonds is 6. The maximum absolute atomic E-state index is 12.3. The van der Waals surface area contributed by atoms with Crippen molar-refractivity contribution in [2.24, 2.45) is 5.92 Å². The third kappa shape index (κ3) is 4.23. The number of carbonyl (C=O) groups excluding carboxylic acids is 2. The van der Waals surface area contributed by atoms with E-state index in [9.17, 15) is 9.59 Å². The van der Waals surface area contributed by atoms with E-state index >= 15 is 0 Å². The highest BCUT2D eigenvalue weighted by Gasteiger charge is 2.29. The van der Waals surface area contributed by atoms with E-state index in [-0.39, 0.29) is 17.7 Å². The third-order valence-corrected chi connectivity index (χ3v) is 4.39. The molecule has 1 aromatic carbocycles. The molecule has 1 aliphatic rings. The van der Waals surface area contributed by atoms with Crippen LogP contribution >= 0.6 is 0 Å². The first-order chi connectivity index (χ1) is 12.2. The lowest BCUT2D eigenvalue weighted by Crippen LogP contribution is -2.45. The summed E-state index contributed by atoms with van der Waals surface area (Å²) in [4.78, 5) is 30.0. The van der Waals surface area contributed by atoms with Gasteiger partial charge in [-0.25, -0.2) is 0 Å². The molecule has 2 amide bonds. The second-order valence-corrected chi connectivity index (χ2v) is 6.09. The minimum Gasteiger partial charge on any atom is -0.355 e. The Hall–Kier alpha value is -2.70. The number of hydrogen-bond acceptors (Lipinski definition) is 5. The van der Waals surface area contributed by atoms with Gasteiger partial charge in [-0.3, -0.25) is 9.59 Å². The Morgan fingerprint density at radius 2 is 2.16 bits per heavy atom. The van der Waals surface area contributed by atoms with E-state index in [1.807, 2.05) is 37.3 Å². The fourth-order valence-corrected chi connectivity index (χ4v) is 2.93. The number of benzene rings is 1. The Kier molecular flexibility index (Phi) is 5.42. The highest BCUT2D eigenvalue weighted by atomic mass is 16.5. The number of carbonyl (C=O) groups is 2. The quantitative estimate of drug-likeness (QED) is 0.862. The minimum absolute atomic E-state index is 0.0160. The number of amides is 2. The monoisotopic (exact) mass is 342 g/mol. The van der Waals surface area contributed by atoms with Gasteiger partial charge in [-0.1, -0.05) is 23.4 Å². The van der Waals surface area contributed by atoms with E-state index in [2.05, 4.69) is 15.5 Å². The maximum atomic E-state index is 12.3. The molecule has 0 unspecified atom stereocenters. The second-order valence-electron chi connectivity index (χ2n) is 6.09. The van der Waals surface area contributed by atoms with Gasteiger partial charge in [0, 0.05) is 38.0 Å². The van der Waals surface area contributed by atoms with Crippen LogP contribution in [0.3, 0.4) is 0 Å². The van der Waals surface area contributed by atoms with Crippen LogP contribution in [0, 0.1) is 5.92 Å². The predicted molar refractivity (Wildman–Crippen MR) is 91.4 cm³/mol. The number of nitrogens with zero attached hydrogens (tertiary/aromatic N) is 3. The lowest BCUT2D eigenvalue weighted by molar-refractivity contribution is -0.138. The SMILES string of the molecule is CCN1C[C@@H](C(=O)NCCc2noc(-c3ccccc3)n2)CCC1=O. The first kappa shape index (κ1) is 17.1. The summed E-state index contributed by atoms with van der Waals surface area (Å²) in [5.74, 6) is 1.02. The lowest BCUT2D eigenvalue weighted by atomic mass is 9.96. The van der Waals surface area contributed by atoms with Crippen molar-refractivity contribution < 1.29 is 14.1 Å². The van der Waals surface area contributed by atoms with Crippen molar-refractivity contribution in [3.05, 3.63) is 36.2 Å². The van der Waals surface area contributed by atoms with Gasteiger partial charge in [0.15, 0.2) is 5.82 Å². The molecule has 25 heavy (non-hydrogen) atoms. The van der Waals surface area contributed by atoms with Crippen LogP contribution in [0.25, 0.3) is 11.5 Å². The number of likely N-dealkylation sites (tertiary alicyclic amines) is 1. The molecule has 0 radical (unpaired) electrons. The van der Waals surface area contributed by atoms with Crippen molar-refractivity contribution in [3.8, 4) is 11.5 Å². The topological polar surface area (TPSA) is 88.3 Å². The molecule has 0 spiro atoms. The van der Waals surface area contributed by atoms with Gasteiger partial charge in [-0.2, -0.15) is 4.98 Å². The molecule has 7 heteroatoms. The van der Waals surface area contributed by atoms with Gasteiger partial charge in [-0.15, -0.1) is 0 Å². The highest BCUT2D eigenvalue weighted by Crippen LogP contribution is 2.18. The molecular formula is C18H22N4O3. The number of piperidine rings is 1. The summed E-state index contributed by atoms with van der Waals surface area (Å²) < 4.78 is 5.25. The molecule has 3 rings (SSSR count). The van der Waals surface area contributed by atoms with E-state index in [0.29, 0.717) is 50.6 Å². The van der Waals surface area contributed by atoms with Gasteiger partial charge in [0.1, 0.15) is 0 Å². The van der Waals surface area contributed by atoms with E-state index in [1.54, 1.807) is 4.90 Å². The molecule has 132 valence electrons. The fraction of sp³-hybridized carbons (Fsp3) is 0.444. The second kappa shape index (κ2) is 7.92. The predicted octanol–water partition coefficient (Wildman–Crippen LogP) is 1.65. The van der Waals surface area contributed by atoms with Crippen molar-refractivity contribution >= 4 is 11.8 Å². The largest absolute Gasteiger partial charge is 0.355 e. The van der Waals surface area contributed by atoms with Gasteiger partial charge >= 0.3 is 0 Å². The van der Waals surface area contributed by atoms with Crippen molar-refractivity contribution in [2.45, 2.75) is 26.2 Å². The third-order valence-electron chi connectivity index (χ3n) is 4.39. The minimum atomic E-state index is -0.136. The Bertz CT molecular complexity index is 729. The van der Waals surface area contributed by atoms with Crippen LogP contribution in [-0.2, 0) is 16.0 Å². The van der Waals surface area contributed by atoms with Crippen LogP contribution in [0.1, 0.15) is 25.6 Å². The summed E-state index contributed by atoms with van der Waals surface area (Å²) in [5, 5.41) is 6.86. The summed E-state index contributed by atoms with van der Waals surface area (Å²) in [5.41, 5.74) is 0.872. The van der Waals surface area contributed by atoms with Crippen molar-refractivity contribution in [2.75, 3.05) is 19.6 Å². The summed E-state index contributed by atoms with van der Waals surface area (Å²) in [6.07, 6.45) is 1.56. The van der Waals surface area contributed by atoms with Crippen LogP contribution in [0.5, 0.6) is 0 Å². The molecular weight excluding hydrogens is 320 g/mol. The van der Waals surface area contributed by atoms with Crippen molar-refractivity contribution in [3.63, 3.8) is 0 Å². The highest BCUT2D eigenvalue weighted by molar-refractivity contribution is 5.83. The van der Waals surface area contributed by atoms with Crippen LogP contribution < -0.4 is 5.32 Å². The Morgan fingerprint density at radius 1 is 1.36 bits per heavy atom. The van der Waals surface area contributed by atoms with E-state index in [1.165, 1.54) is 0 Å². The van der Waals surface area contributed by atoms with Gasteiger partial charge in [-0.05, 0) is 25.5 Å². The summed E-state index contributed by atoms with van der Waals surface area (Å²) in [7, 11) is 0. The molecule has 7 nitrogen and oxygen atoms in total. The van der Waals surface area contributed by atoms with Crippen LogP contribution in [0.15, 0.2) is 34.9 Å². The zero-order valence-electron chi connectivity index (χ0n) is 14.3. The standard InChI is InChI=1S/C18H22N4O3/c1-2-22-12-14(8-9-16(22)23)17(24)19-11-10-15-20-18(25-21-15)13-6-4-3-5-7-13/h3-7,14H,2,8-12H2,1H3,(H,19,24)/t14-/m0/s1. The fourth-order valence-electron chi connectivity index (χ4n) is 2.93. The zero-order valence-corrected chi connectivity index (χ0v) is 14.3. The van der Waals surface area contributed by atoms with Crippen LogP contribution in [-0.4, -0.2) is 46.5 Å². The molecule has 0 bridgehead atoms. The molecule has 0 aliphatic carbocycles. The number of aromatic nitrogens is 2. The van der Waals surface area contributed by atoms with Crippen molar-refractivity contribution in [1.82, 2.24) is 20.4 Å². The zero-order chi connectivity index (χ0) is 17.6. The lowest BCUT2D eigenvalue weighted by Gasteiger charge is -2.30. The average molecular weight is 342 g/mol. The van der Waals surface area contributed by atoms with Crippen LogP contribution in [0.4, 0.5) is 0 Å². The number of nitrogens with one attached hydrogen (secondary N) is 1. The smallest absolute Gasteiger partial charge is 0.257 e. The Labute approximate surface area is 146 Å². The van der Waals surface area contributed by atoms with Gasteiger partial charge in [0.25, 0.3) is 5.89 Å². The van der Waals surface area contributed by atoms with Gasteiger partial charge < -0.3 is 14.7 Å². The van der Waals surface area contributed by atoms with E-state index in [0.717, 1.165) is 5.56 Å². The molecule has 1 aromatic heterocycles. The normalized spacial score (nSPS) is 17.6. The van der Waals surface area contributed by atoms with E-state index < -0.39 is 0 Å². The molecule has 0 saturated carbocycles. The molecule has 1 atom stereocenters. The average Bonchev–Trinajstić information content (AvgIpc) is 3.11. The Morgan fingerprint density at radius 3 is 2.92 bits per heavy atom. The number of hydrogen-bond donors (Lipinski definition) is 1. The molecule has 1 fully saturated rings. The van der Waals surface area contributed by atoms with Gasteiger partial charge in [0.2, 0.25) is 11.8 Å². The first-order valence-electron chi connectivity index (χ1n) is 8.61. The van der Waals surface area contributed by atoms with E-state index in [4.69, 9.17) is 4.52 Å². The first-order valence-corrected chi connectivity index (χ1v) is 8.61. The summed E-state index contributed by atoms with van der Waals surface area (Å²) in [6.45, 7) is 3.52. The molecule has 1 saturated heterocycles. The Balaban J connectivity index is 1.47. The summed E-state index contributed by atoms with van der Waals surface area (Å²) >= 11 is 0. The molecule has 1 aliphatic heterocycles. The molecule has 2 heterocycles. The van der Waals surface area contributed by atoms with Crippen LogP contribution in [0.2, 0.25) is 0 Å². The van der Waals surface area contributed by atoms with Gasteiger partial charge in [0.05, 0.1) is 5.92 Å².